The Morgan fingerprint density at radius 1 is 1.26 bits per heavy atom. The van der Waals surface area contributed by atoms with Crippen molar-refractivity contribution in [3.63, 3.8) is 0 Å². The highest BCUT2D eigenvalue weighted by atomic mass is 35.5. The molecule has 0 fully saturated rings. The van der Waals surface area contributed by atoms with Gasteiger partial charge >= 0.3 is 0 Å². The van der Waals surface area contributed by atoms with E-state index >= 15 is 0 Å². The Morgan fingerprint density at radius 2 is 2.09 bits per heavy atom. The molecule has 0 atom stereocenters. The average Bonchev–Trinajstić information content (AvgIpc) is 3.03. The van der Waals surface area contributed by atoms with Gasteiger partial charge in [-0.15, -0.1) is 0 Å². The van der Waals surface area contributed by atoms with Crippen LogP contribution in [0.4, 0.5) is 0 Å². The standard InChI is InChI=1S/C17H14ClNO4/c18-14-8-13(9-15-17(14)22-11-21-15)6-7-16(20)19-23-10-12-4-2-1-3-5-12/h1-9H,10-11H2,(H,19,20)/b7-6+. The third-order valence-corrected chi connectivity index (χ3v) is 3.41. The summed E-state index contributed by atoms with van der Waals surface area (Å²) in [6.07, 6.45) is 2.98. The van der Waals surface area contributed by atoms with Crippen molar-refractivity contribution in [1.29, 1.82) is 0 Å². The first kappa shape index (κ1) is 15.4. The second kappa shape index (κ2) is 7.17. The lowest BCUT2D eigenvalue weighted by molar-refractivity contribution is -0.129. The van der Waals surface area contributed by atoms with Crippen LogP contribution in [0.3, 0.4) is 0 Å². The summed E-state index contributed by atoms with van der Waals surface area (Å²) in [5.41, 5.74) is 4.06. The molecule has 0 radical (unpaired) electrons. The van der Waals surface area contributed by atoms with E-state index in [1.807, 2.05) is 30.3 Å². The second-order valence-electron chi connectivity index (χ2n) is 4.81. The molecular formula is C17H14ClNO4. The highest BCUT2D eigenvalue weighted by Crippen LogP contribution is 2.39. The van der Waals surface area contributed by atoms with Crippen LogP contribution in [0.2, 0.25) is 5.02 Å². The number of amides is 1. The number of ether oxygens (including phenoxy) is 2. The molecular weight excluding hydrogens is 318 g/mol. The Balaban J connectivity index is 1.53. The van der Waals surface area contributed by atoms with Gasteiger partial charge in [-0.2, -0.15) is 0 Å². The molecule has 5 nitrogen and oxygen atoms in total. The van der Waals surface area contributed by atoms with Crippen LogP contribution in [0.1, 0.15) is 11.1 Å². The van der Waals surface area contributed by atoms with Crippen molar-refractivity contribution in [3.05, 3.63) is 64.7 Å². The molecule has 0 aromatic heterocycles. The van der Waals surface area contributed by atoms with Crippen LogP contribution in [-0.2, 0) is 16.2 Å². The van der Waals surface area contributed by atoms with Crippen molar-refractivity contribution in [2.24, 2.45) is 0 Å². The van der Waals surface area contributed by atoms with Gasteiger partial charge in [-0.05, 0) is 29.3 Å². The van der Waals surface area contributed by atoms with E-state index in [2.05, 4.69) is 5.48 Å². The molecule has 1 aliphatic rings. The Morgan fingerprint density at radius 3 is 2.91 bits per heavy atom. The topological polar surface area (TPSA) is 56.8 Å². The average molecular weight is 332 g/mol. The molecule has 0 saturated carbocycles. The summed E-state index contributed by atoms with van der Waals surface area (Å²) in [5, 5.41) is 0.445. The fraction of sp³-hybridized carbons (Fsp3) is 0.118. The number of nitrogens with one attached hydrogen (secondary N) is 1. The minimum absolute atomic E-state index is 0.149. The molecule has 1 heterocycles. The van der Waals surface area contributed by atoms with Gasteiger partial charge in [0.15, 0.2) is 11.5 Å². The van der Waals surface area contributed by atoms with Crippen LogP contribution in [0.5, 0.6) is 11.5 Å². The highest BCUT2D eigenvalue weighted by Gasteiger charge is 2.17. The third kappa shape index (κ3) is 4.03. The van der Waals surface area contributed by atoms with Crippen molar-refractivity contribution in [2.75, 3.05) is 6.79 Å². The quantitative estimate of drug-likeness (QED) is 0.674. The van der Waals surface area contributed by atoms with Crippen molar-refractivity contribution >= 4 is 23.6 Å². The molecule has 0 bridgehead atoms. The second-order valence-corrected chi connectivity index (χ2v) is 5.22. The van der Waals surface area contributed by atoms with E-state index in [0.717, 1.165) is 11.1 Å². The summed E-state index contributed by atoms with van der Waals surface area (Å²) in [4.78, 5) is 16.9. The molecule has 6 heteroatoms. The SMILES string of the molecule is O=C(/C=C/c1cc(Cl)c2c(c1)OCO2)NOCc1ccccc1. The smallest absolute Gasteiger partial charge is 0.267 e. The minimum Gasteiger partial charge on any atom is -0.454 e. The molecule has 0 aliphatic carbocycles. The lowest BCUT2D eigenvalue weighted by Gasteiger charge is -2.04. The van der Waals surface area contributed by atoms with Crippen molar-refractivity contribution in [3.8, 4) is 11.5 Å². The lowest BCUT2D eigenvalue weighted by Crippen LogP contribution is -2.21. The zero-order valence-corrected chi connectivity index (χ0v) is 12.9. The zero-order chi connectivity index (χ0) is 16.1. The van der Waals surface area contributed by atoms with Gasteiger partial charge in [-0.3, -0.25) is 9.63 Å². The number of hydrogen-bond acceptors (Lipinski definition) is 4. The number of carbonyl (C=O) groups is 1. The van der Waals surface area contributed by atoms with Crippen LogP contribution in [-0.4, -0.2) is 12.7 Å². The maximum atomic E-state index is 11.7. The molecule has 0 spiro atoms. The fourth-order valence-electron chi connectivity index (χ4n) is 2.05. The van der Waals surface area contributed by atoms with E-state index in [9.17, 15) is 4.79 Å². The first-order chi connectivity index (χ1) is 11.2. The van der Waals surface area contributed by atoms with Crippen LogP contribution in [0, 0.1) is 0 Å². The van der Waals surface area contributed by atoms with Gasteiger partial charge in [0.05, 0.1) is 11.6 Å². The van der Waals surface area contributed by atoms with Crippen LogP contribution in [0.25, 0.3) is 6.08 Å². The van der Waals surface area contributed by atoms with Gasteiger partial charge in [0.2, 0.25) is 6.79 Å². The Labute approximate surface area is 138 Å². The maximum absolute atomic E-state index is 11.7. The molecule has 2 aromatic rings. The largest absolute Gasteiger partial charge is 0.454 e. The Hall–Kier alpha value is -2.50. The summed E-state index contributed by atoms with van der Waals surface area (Å²) in [6.45, 7) is 0.451. The molecule has 0 unspecified atom stereocenters. The zero-order valence-electron chi connectivity index (χ0n) is 12.1. The van der Waals surface area contributed by atoms with E-state index in [0.29, 0.717) is 23.1 Å². The highest BCUT2D eigenvalue weighted by molar-refractivity contribution is 6.32. The van der Waals surface area contributed by atoms with Gasteiger partial charge < -0.3 is 9.47 Å². The minimum atomic E-state index is -0.366. The van der Waals surface area contributed by atoms with Crippen molar-refractivity contribution in [2.45, 2.75) is 6.61 Å². The van der Waals surface area contributed by atoms with Crippen molar-refractivity contribution in [1.82, 2.24) is 5.48 Å². The number of fused-ring (bicyclic) bond motifs is 1. The molecule has 1 amide bonds. The summed E-state index contributed by atoms with van der Waals surface area (Å²) >= 11 is 6.08. The number of benzene rings is 2. The van der Waals surface area contributed by atoms with Gasteiger partial charge in [0, 0.05) is 6.08 Å². The van der Waals surface area contributed by atoms with E-state index in [4.69, 9.17) is 25.9 Å². The Kier molecular flexibility index (Phi) is 4.80. The molecule has 1 N–H and O–H groups in total. The predicted molar refractivity (Wildman–Crippen MR) is 86.0 cm³/mol. The predicted octanol–water partition coefficient (Wildman–Crippen LogP) is 3.33. The van der Waals surface area contributed by atoms with E-state index in [-0.39, 0.29) is 12.7 Å². The van der Waals surface area contributed by atoms with Crippen molar-refractivity contribution < 1.29 is 19.1 Å². The van der Waals surface area contributed by atoms with Gasteiger partial charge in [0.1, 0.15) is 0 Å². The van der Waals surface area contributed by atoms with Gasteiger partial charge in [0.25, 0.3) is 5.91 Å². The van der Waals surface area contributed by atoms with E-state index in [1.165, 1.54) is 6.08 Å². The van der Waals surface area contributed by atoms with E-state index in [1.54, 1.807) is 18.2 Å². The number of rotatable bonds is 5. The third-order valence-electron chi connectivity index (χ3n) is 3.13. The monoisotopic (exact) mass is 331 g/mol. The van der Waals surface area contributed by atoms with Crippen LogP contribution in [0.15, 0.2) is 48.5 Å². The summed E-state index contributed by atoms with van der Waals surface area (Å²) < 4.78 is 10.5. The number of carbonyl (C=O) groups excluding carboxylic acids is 1. The first-order valence-electron chi connectivity index (χ1n) is 6.95. The van der Waals surface area contributed by atoms with Gasteiger partial charge in [-0.1, -0.05) is 41.9 Å². The molecule has 3 rings (SSSR count). The number of halogens is 1. The van der Waals surface area contributed by atoms with Crippen LogP contribution >= 0.6 is 11.6 Å². The number of hydroxylamine groups is 1. The number of hydrogen-bond donors (Lipinski definition) is 1. The molecule has 2 aromatic carbocycles. The normalized spacial score (nSPS) is 12.6. The lowest BCUT2D eigenvalue weighted by atomic mass is 10.2. The maximum Gasteiger partial charge on any atom is 0.267 e. The molecule has 118 valence electrons. The fourth-order valence-corrected chi connectivity index (χ4v) is 2.33. The first-order valence-corrected chi connectivity index (χ1v) is 7.33. The Bertz CT molecular complexity index is 731. The summed E-state index contributed by atoms with van der Waals surface area (Å²) in [6, 6.07) is 13.0. The van der Waals surface area contributed by atoms with E-state index < -0.39 is 0 Å². The summed E-state index contributed by atoms with van der Waals surface area (Å²) in [7, 11) is 0. The molecule has 0 saturated heterocycles. The summed E-state index contributed by atoms with van der Waals surface area (Å²) in [5.74, 6) is 0.729. The van der Waals surface area contributed by atoms with Crippen LogP contribution < -0.4 is 15.0 Å². The van der Waals surface area contributed by atoms with Gasteiger partial charge in [-0.25, -0.2) is 5.48 Å². The molecule has 23 heavy (non-hydrogen) atoms. The molecule has 1 aliphatic heterocycles.